The molecule has 3 aromatic rings. The van der Waals surface area contributed by atoms with Crippen LogP contribution in [0.4, 0.5) is 15.8 Å². The lowest BCUT2D eigenvalue weighted by Gasteiger charge is -2.11. The van der Waals surface area contributed by atoms with E-state index in [2.05, 4.69) is 47.7 Å². The molecule has 0 fully saturated rings. The van der Waals surface area contributed by atoms with E-state index in [0.717, 1.165) is 5.56 Å². The van der Waals surface area contributed by atoms with Crippen molar-refractivity contribution in [1.82, 2.24) is 5.43 Å². The summed E-state index contributed by atoms with van der Waals surface area (Å²) in [6, 6.07) is 15.3. The Morgan fingerprint density at radius 3 is 2.33 bits per heavy atom. The first kappa shape index (κ1) is 24.3. The van der Waals surface area contributed by atoms with Gasteiger partial charge in [-0.05, 0) is 91.5 Å². The van der Waals surface area contributed by atoms with Gasteiger partial charge in [-0.2, -0.15) is 5.10 Å². The van der Waals surface area contributed by atoms with Crippen LogP contribution in [0.25, 0.3) is 0 Å². The highest BCUT2D eigenvalue weighted by Crippen LogP contribution is 2.35. The maximum Gasteiger partial charge on any atom is 0.269 e. The molecule has 2 N–H and O–H groups in total. The number of non-ortho nitro benzene ring substituents is 1. The quantitative estimate of drug-likeness (QED) is 0.201. The Morgan fingerprint density at radius 2 is 1.73 bits per heavy atom. The number of hydrazone groups is 1. The van der Waals surface area contributed by atoms with Crippen LogP contribution in [0.15, 0.2) is 74.7 Å². The molecule has 0 aliphatic heterocycles. The van der Waals surface area contributed by atoms with Crippen molar-refractivity contribution in [1.29, 1.82) is 0 Å². The third kappa shape index (κ3) is 7.36. The van der Waals surface area contributed by atoms with Gasteiger partial charge >= 0.3 is 0 Å². The Hall–Kier alpha value is -3.31. The summed E-state index contributed by atoms with van der Waals surface area (Å²) < 4.78 is 20.0. The van der Waals surface area contributed by atoms with Gasteiger partial charge in [-0.1, -0.05) is 0 Å². The third-order valence-corrected chi connectivity index (χ3v) is 5.43. The number of nitrogens with zero attached hydrogens (tertiary/aromatic N) is 2. The van der Waals surface area contributed by atoms with E-state index < -0.39 is 4.92 Å². The number of hydrogen-bond acceptors (Lipinski definition) is 6. The zero-order valence-electron chi connectivity index (χ0n) is 16.9. The normalized spacial score (nSPS) is 10.8. The van der Waals surface area contributed by atoms with Crippen molar-refractivity contribution in [2.45, 2.75) is 6.61 Å². The number of benzene rings is 3. The molecule has 11 heteroatoms. The predicted octanol–water partition coefficient (Wildman–Crippen LogP) is 5.40. The first-order valence-electron chi connectivity index (χ1n) is 9.48. The van der Waals surface area contributed by atoms with Crippen molar-refractivity contribution in [2.24, 2.45) is 5.10 Å². The van der Waals surface area contributed by atoms with Crippen LogP contribution in [0.5, 0.6) is 5.75 Å². The van der Waals surface area contributed by atoms with Crippen LogP contribution < -0.4 is 15.5 Å². The van der Waals surface area contributed by atoms with E-state index in [9.17, 15) is 19.3 Å². The van der Waals surface area contributed by atoms with Gasteiger partial charge in [0.25, 0.3) is 11.6 Å². The highest BCUT2D eigenvalue weighted by molar-refractivity contribution is 9.11. The zero-order valence-corrected chi connectivity index (χ0v) is 20.1. The Bertz CT molecular complexity index is 1150. The minimum absolute atomic E-state index is 0.0167. The average molecular weight is 580 g/mol. The number of amides is 1. The Balaban J connectivity index is 1.53. The summed E-state index contributed by atoms with van der Waals surface area (Å²) in [7, 11) is 0. The monoisotopic (exact) mass is 578 g/mol. The fraction of sp³-hybridized carbons (Fsp3) is 0.0909. The van der Waals surface area contributed by atoms with Gasteiger partial charge in [0.05, 0.1) is 26.6 Å². The molecule has 0 aromatic heterocycles. The highest BCUT2D eigenvalue weighted by atomic mass is 79.9. The number of carbonyl (C=O) groups is 1. The SMILES string of the molecule is O=C(CNc1ccc(F)cc1)N/N=C\c1cc(Br)c(OCc2ccc([N+](=O)[O-])cc2)c(Br)c1. The molecule has 0 bridgehead atoms. The van der Waals surface area contributed by atoms with Crippen molar-refractivity contribution in [3.8, 4) is 5.75 Å². The molecule has 0 unspecified atom stereocenters. The minimum Gasteiger partial charge on any atom is -0.487 e. The average Bonchev–Trinajstić information content (AvgIpc) is 2.78. The van der Waals surface area contributed by atoms with Crippen molar-refractivity contribution in [3.63, 3.8) is 0 Å². The Labute approximate surface area is 205 Å². The molecule has 0 aliphatic carbocycles. The Kier molecular flexibility index (Phi) is 8.50. The van der Waals surface area contributed by atoms with Crippen molar-refractivity contribution < 1.29 is 18.8 Å². The number of nitro benzene ring substituents is 1. The van der Waals surface area contributed by atoms with Crippen LogP contribution in [-0.2, 0) is 11.4 Å². The van der Waals surface area contributed by atoms with Gasteiger partial charge in [0.1, 0.15) is 18.2 Å². The third-order valence-electron chi connectivity index (χ3n) is 4.25. The van der Waals surface area contributed by atoms with Gasteiger partial charge in [-0.25, -0.2) is 9.82 Å². The molecule has 0 radical (unpaired) electrons. The van der Waals surface area contributed by atoms with Gasteiger partial charge in [-0.15, -0.1) is 0 Å². The topological polar surface area (TPSA) is 106 Å². The zero-order chi connectivity index (χ0) is 23.8. The van der Waals surface area contributed by atoms with Gasteiger partial charge in [-0.3, -0.25) is 14.9 Å². The van der Waals surface area contributed by atoms with Crippen molar-refractivity contribution in [3.05, 3.63) is 96.7 Å². The molecule has 0 aliphatic rings. The molecular formula is C22H17Br2FN4O4. The summed E-state index contributed by atoms with van der Waals surface area (Å²) in [5, 5.41) is 17.5. The van der Waals surface area contributed by atoms with Crippen molar-refractivity contribution >= 4 is 55.4 Å². The lowest BCUT2D eigenvalue weighted by Crippen LogP contribution is -2.25. The molecule has 0 spiro atoms. The first-order valence-corrected chi connectivity index (χ1v) is 11.1. The number of rotatable bonds is 9. The van der Waals surface area contributed by atoms with E-state index in [1.165, 1.54) is 42.6 Å². The summed E-state index contributed by atoms with van der Waals surface area (Å²) in [6.45, 7) is 0.200. The standard InChI is InChI=1S/C22H17Br2FN4O4/c23-19-9-15(11-27-28-21(30)12-26-17-5-3-16(25)4-6-17)10-20(24)22(19)33-13-14-1-7-18(8-2-14)29(31)32/h1-11,26H,12-13H2,(H,28,30)/b27-11-. The summed E-state index contributed by atoms with van der Waals surface area (Å²) in [5.41, 5.74) is 4.52. The van der Waals surface area contributed by atoms with E-state index in [4.69, 9.17) is 4.74 Å². The molecule has 8 nitrogen and oxygen atoms in total. The van der Waals surface area contributed by atoms with E-state index in [1.807, 2.05) is 0 Å². The van der Waals surface area contributed by atoms with Crippen LogP contribution in [-0.4, -0.2) is 23.6 Å². The predicted molar refractivity (Wildman–Crippen MR) is 130 cm³/mol. The lowest BCUT2D eigenvalue weighted by molar-refractivity contribution is -0.384. The number of halogens is 3. The number of carbonyl (C=O) groups excluding carboxylic acids is 1. The maximum absolute atomic E-state index is 12.9. The van der Waals surface area contributed by atoms with E-state index >= 15 is 0 Å². The number of anilines is 1. The smallest absolute Gasteiger partial charge is 0.269 e. The summed E-state index contributed by atoms with van der Waals surface area (Å²) in [6.07, 6.45) is 1.48. The second-order valence-corrected chi connectivity index (χ2v) is 8.39. The van der Waals surface area contributed by atoms with E-state index in [0.29, 0.717) is 25.9 Å². The van der Waals surface area contributed by atoms with Gasteiger partial charge in [0.2, 0.25) is 0 Å². The first-order chi connectivity index (χ1) is 15.8. The number of hydrogen-bond donors (Lipinski definition) is 2. The largest absolute Gasteiger partial charge is 0.487 e. The van der Waals surface area contributed by atoms with Crippen molar-refractivity contribution in [2.75, 3.05) is 11.9 Å². The van der Waals surface area contributed by atoms with Crippen LogP contribution in [0, 0.1) is 15.9 Å². The van der Waals surface area contributed by atoms with Gasteiger partial charge < -0.3 is 10.1 Å². The minimum atomic E-state index is -0.456. The molecule has 0 heterocycles. The van der Waals surface area contributed by atoms with Crippen LogP contribution in [0.3, 0.4) is 0 Å². The summed E-state index contributed by atoms with van der Waals surface area (Å²) in [4.78, 5) is 22.2. The fourth-order valence-electron chi connectivity index (χ4n) is 2.63. The molecule has 1 amide bonds. The van der Waals surface area contributed by atoms with Crippen LogP contribution in [0.1, 0.15) is 11.1 Å². The molecule has 3 rings (SSSR count). The van der Waals surface area contributed by atoms with Gasteiger partial charge in [0.15, 0.2) is 0 Å². The van der Waals surface area contributed by atoms with E-state index in [-0.39, 0.29) is 30.6 Å². The molecule has 0 saturated heterocycles. The maximum atomic E-state index is 12.9. The number of nitro groups is 1. The molecular weight excluding hydrogens is 563 g/mol. The number of nitrogens with one attached hydrogen (secondary N) is 2. The highest BCUT2D eigenvalue weighted by Gasteiger charge is 2.10. The molecule has 170 valence electrons. The summed E-state index contributed by atoms with van der Waals surface area (Å²) in [5.74, 6) is -0.163. The van der Waals surface area contributed by atoms with Crippen LogP contribution in [0.2, 0.25) is 0 Å². The molecule has 3 aromatic carbocycles. The Morgan fingerprint density at radius 1 is 1.09 bits per heavy atom. The molecule has 0 saturated carbocycles. The van der Waals surface area contributed by atoms with Gasteiger partial charge in [0, 0.05) is 17.8 Å². The van der Waals surface area contributed by atoms with Crippen LogP contribution >= 0.6 is 31.9 Å². The van der Waals surface area contributed by atoms with E-state index in [1.54, 1.807) is 24.3 Å². The second-order valence-electron chi connectivity index (χ2n) is 6.68. The number of ether oxygens (including phenoxy) is 1. The molecule has 0 atom stereocenters. The summed E-state index contributed by atoms with van der Waals surface area (Å²) >= 11 is 6.90. The second kappa shape index (κ2) is 11.5. The molecule has 33 heavy (non-hydrogen) atoms. The lowest BCUT2D eigenvalue weighted by atomic mass is 10.2. The fourth-order valence-corrected chi connectivity index (χ4v) is 4.08.